The fourth-order valence-corrected chi connectivity index (χ4v) is 3.61. The topological polar surface area (TPSA) is 105 Å². The number of aromatic amines is 1. The zero-order valence-corrected chi connectivity index (χ0v) is 13.1. The highest BCUT2D eigenvalue weighted by atomic mass is 16.7. The summed E-state index contributed by atoms with van der Waals surface area (Å²) in [6.07, 6.45) is 0.602. The van der Waals surface area contributed by atoms with Crippen molar-refractivity contribution in [3.05, 3.63) is 50.8 Å². The van der Waals surface area contributed by atoms with E-state index in [9.17, 15) is 15.0 Å². The summed E-state index contributed by atoms with van der Waals surface area (Å²) < 4.78 is 10.7. The summed E-state index contributed by atoms with van der Waals surface area (Å²) in [6, 6.07) is 5.31. The maximum atomic E-state index is 12.6. The number of fused-ring (bicyclic) bond motifs is 6. The van der Waals surface area contributed by atoms with Gasteiger partial charge in [-0.1, -0.05) is 0 Å². The summed E-state index contributed by atoms with van der Waals surface area (Å²) in [4.78, 5) is 20.0. The highest BCUT2D eigenvalue weighted by Crippen LogP contribution is 2.42. The van der Waals surface area contributed by atoms with Crippen molar-refractivity contribution in [2.45, 2.75) is 19.6 Å². The van der Waals surface area contributed by atoms with Gasteiger partial charge in [0.2, 0.25) is 6.79 Å². The Morgan fingerprint density at radius 3 is 2.60 bits per heavy atom. The van der Waals surface area contributed by atoms with Crippen LogP contribution in [0.25, 0.3) is 22.2 Å². The molecule has 0 atom stereocenters. The predicted octanol–water partition coefficient (Wildman–Crippen LogP) is 1.21. The lowest BCUT2D eigenvalue weighted by molar-refractivity contribution is 0.171. The summed E-state index contributed by atoms with van der Waals surface area (Å²) in [5.74, 6) is 1.04. The second-order valence-corrected chi connectivity index (χ2v) is 6.17. The second kappa shape index (κ2) is 5.05. The molecule has 0 unspecified atom stereocenters. The first kappa shape index (κ1) is 14.4. The van der Waals surface area contributed by atoms with Crippen LogP contribution in [0.5, 0.6) is 11.6 Å². The van der Waals surface area contributed by atoms with Crippen molar-refractivity contribution in [3.63, 3.8) is 0 Å². The Hall–Kier alpha value is -2.90. The molecule has 0 fully saturated rings. The van der Waals surface area contributed by atoms with Crippen molar-refractivity contribution in [3.8, 4) is 23.0 Å². The van der Waals surface area contributed by atoms with E-state index in [-0.39, 0.29) is 25.6 Å². The number of nitrogens with zero attached hydrogens (tertiary/aromatic N) is 1. The number of pyridine rings is 2. The fraction of sp³-hybridized carbons (Fsp3) is 0.222. The molecule has 7 heteroatoms. The van der Waals surface area contributed by atoms with Crippen LogP contribution in [0.15, 0.2) is 23.0 Å². The van der Waals surface area contributed by atoms with E-state index < -0.39 is 0 Å². The second-order valence-electron chi connectivity index (χ2n) is 6.17. The van der Waals surface area contributed by atoms with E-state index in [4.69, 9.17) is 9.47 Å². The number of benzene rings is 1. The van der Waals surface area contributed by atoms with E-state index in [0.29, 0.717) is 46.0 Å². The van der Waals surface area contributed by atoms with Crippen molar-refractivity contribution in [2.75, 3.05) is 6.79 Å². The Morgan fingerprint density at radius 1 is 1.08 bits per heavy atom. The van der Waals surface area contributed by atoms with E-state index in [1.54, 1.807) is 12.1 Å². The van der Waals surface area contributed by atoms with Gasteiger partial charge < -0.3 is 24.7 Å². The molecule has 0 spiro atoms. The first-order chi connectivity index (χ1) is 12.2. The van der Waals surface area contributed by atoms with E-state index in [1.807, 2.05) is 6.07 Å². The average Bonchev–Trinajstić information content (AvgIpc) is 3.22. The highest BCUT2D eigenvalue weighted by Gasteiger charge is 2.28. The maximum Gasteiger partial charge on any atom is 0.260 e. The van der Waals surface area contributed by atoms with E-state index >= 15 is 0 Å². The monoisotopic (exact) mass is 338 g/mol. The molecule has 25 heavy (non-hydrogen) atoms. The molecule has 2 aromatic heterocycles. The molecular weight excluding hydrogens is 324 g/mol. The lowest BCUT2D eigenvalue weighted by atomic mass is 9.98. The molecule has 0 saturated carbocycles. The molecule has 0 amide bonds. The summed E-state index contributed by atoms with van der Waals surface area (Å²) >= 11 is 0. The minimum Gasteiger partial charge on any atom is -0.452 e. The lowest BCUT2D eigenvalue weighted by Gasteiger charge is -2.10. The van der Waals surface area contributed by atoms with Crippen molar-refractivity contribution < 1.29 is 19.7 Å². The molecule has 7 nitrogen and oxygen atoms in total. The third kappa shape index (κ3) is 1.93. The van der Waals surface area contributed by atoms with Crippen LogP contribution in [-0.4, -0.2) is 27.0 Å². The van der Waals surface area contributed by atoms with Gasteiger partial charge >= 0.3 is 0 Å². The standard InChI is InChI=1S/C18H14N2O5/c21-5-9-2-11-12-1-8-4-14-18(25-7-24-14)20-15(8)16(12)19-17(23)13(11)3-10(9)6-22/h2-4,21-22H,1,5-7H2,(H,19,23). The number of aliphatic hydroxyl groups is 2. The van der Waals surface area contributed by atoms with Gasteiger partial charge in [-0.05, 0) is 45.8 Å². The Kier molecular flexibility index (Phi) is 2.92. The van der Waals surface area contributed by atoms with Crippen LogP contribution >= 0.6 is 0 Å². The van der Waals surface area contributed by atoms with E-state index in [0.717, 1.165) is 16.5 Å². The summed E-state index contributed by atoms with van der Waals surface area (Å²) in [6.45, 7) is -0.282. The van der Waals surface area contributed by atoms with Crippen LogP contribution in [0, 0.1) is 0 Å². The van der Waals surface area contributed by atoms with Crippen LogP contribution in [-0.2, 0) is 19.6 Å². The summed E-state index contributed by atoms with van der Waals surface area (Å²) in [5.41, 5.74) is 4.18. The van der Waals surface area contributed by atoms with Gasteiger partial charge in [0, 0.05) is 11.8 Å². The summed E-state index contributed by atoms with van der Waals surface area (Å²) in [5, 5.41) is 20.3. The van der Waals surface area contributed by atoms with Crippen LogP contribution < -0.4 is 15.0 Å². The number of ether oxygens (including phenoxy) is 2. The molecule has 3 N–H and O–H groups in total. The van der Waals surface area contributed by atoms with Crippen LogP contribution in [0.1, 0.15) is 22.3 Å². The van der Waals surface area contributed by atoms with Gasteiger partial charge in [0.1, 0.15) is 0 Å². The van der Waals surface area contributed by atoms with Gasteiger partial charge in [0.05, 0.1) is 24.6 Å². The van der Waals surface area contributed by atoms with Crippen molar-refractivity contribution in [2.24, 2.45) is 0 Å². The first-order valence-electron chi connectivity index (χ1n) is 7.92. The number of hydrogen-bond acceptors (Lipinski definition) is 6. The number of nitrogens with one attached hydrogen (secondary N) is 1. The zero-order chi connectivity index (χ0) is 17.1. The lowest BCUT2D eigenvalue weighted by Crippen LogP contribution is -2.10. The number of aliphatic hydroxyl groups excluding tert-OH is 2. The van der Waals surface area contributed by atoms with Gasteiger partial charge in [0.25, 0.3) is 11.4 Å². The van der Waals surface area contributed by atoms with Crippen LogP contribution in [0.4, 0.5) is 0 Å². The molecule has 1 aliphatic heterocycles. The van der Waals surface area contributed by atoms with Crippen molar-refractivity contribution >= 4 is 10.8 Å². The SMILES string of the molecule is O=c1[nH]c2c(c3cc(CO)c(CO)cc13)Cc1cc3c(nc1-2)OCO3. The third-order valence-corrected chi connectivity index (χ3v) is 4.84. The molecule has 0 radical (unpaired) electrons. The quantitative estimate of drug-likeness (QED) is 0.507. The molecule has 3 heterocycles. The molecular formula is C18H14N2O5. The molecule has 0 saturated heterocycles. The fourth-order valence-electron chi connectivity index (χ4n) is 3.61. The van der Waals surface area contributed by atoms with E-state index in [2.05, 4.69) is 9.97 Å². The molecule has 1 aliphatic carbocycles. The smallest absolute Gasteiger partial charge is 0.260 e. The normalized spacial score (nSPS) is 14.0. The zero-order valence-electron chi connectivity index (χ0n) is 13.1. The van der Waals surface area contributed by atoms with Crippen LogP contribution in [0.2, 0.25) is 0 Å². The Labute approximate surface area is 141 Å². The Morgan fingerprint density at radius 2 is 1.84 bits per heavy atom. The minimum absolute atomic E-state index is 0.149. The number of rotatable bonds is 2. The molecule has 126 valence electrons. The summed E-state index contributed by atoms with van der Waals surface area (Å²) in [7, 11) is 0. The largest absolute Gasteiger partial charge is 0.452 e. The number of H-pyrrole nitrogens is 1. The third-order valence-electron chi connectivity index (χ3n) is 4.84. The van der Waals surface area contributed by atoms with Crippen molar-refractivity contribution in [1.29, 1.82) is 0 Å². The van der Waals surface area contributed by atoms with Gasteiger partial charge in [-0.3, -0.25) is 4.79 Å². The van der Waals surface area contributed by atoms with Gasteiger partial charge in [0.15, 0.2) is 5.75 Å². The molecule has 2 aliphatic rings. The van der Waals surface area contributed by atoms with Gasteiger partial charge in [-0.25, -0.2) is 4.98 Å². The average molecular weight is 338 g/mol. The Bertz CT molecular complexity index is 1100. The molecule has 5 rings (SSSR count). The van der Waals surface area contributed by atoms with E-state index in [1.165, 1.54) is 0 Å². The predicted molar refractivity (Wildman–Crippen MR) is 88.6 cm³/mol. The number of hydrogen-bond donors (Lipinski definition) is 3. The maximum absolute atomic E-state index is 12.6. The van der Waals surface area contributed by atoms with Gasteiger partial charge in [-0.15, -0.1) is 0 Å². The van der Waals surface area contributed by atoms with Crippen LogP contribution in [0.3, 0.4) is 0 Å². The molecule has 0 bridgehead atoms. The molecule has 3 aromatic rings. The van der Waals surface area contributed by atoms with Crippen molar-refractivity contribution in [1.82, 2.24) is 9.97 Å². The first-order valence-corrected chi connectivity index (χ1v) is 7.92. The minimum atomic E-state index is -0.250. The highest BCUT2D eigenvalue weighted by molar-refractivity contribution is 5.93. The number of aromatic nitrogens is 2. The molecule has 1 aromatic carbocycles. The van der Waals surface area contributed by atoms with Gasteiger partial charge in [-0.2, -0.15) is 0 Å². The Balaban J connectivity index is 1.81.